The molecule has 142 valence electrons. The number of aryl methyl sites for hydroxylation is 1. The number of benzene rings is 1. The summed E-state index contributed by atoms with van der Waals surface area (Å²) in [5.41, 5.74) is 8.25. The summed E-state index contributed by atoms with van der Waals surface area (Å²) in [7, 11) is 3.03. The van der Waals surface area contributed by atoms with Gasteiger partial charge in [-0.2, -0.15) is 0 Å². The highest BCUT2D eigenvalue weighted by molar-refractivity contribution is 6.32. The van der Waals surface area contributed by atoms with Crippen LogP contribution in [0.5, 0.6) is 0 Å². The van der Waals surface area contributed by atoms with Crippen LogP contribution in [-0.2, 0) is 11.8 Å². The molecule has 0 amide bonds. The Morgan fingerprint density at radius 2 is 2.07 bits per heavy atom. The highest BCUT2D eigenvalue weighted by atomic mass is 35.5. The molecule has 0 spiro atoms. The molecule has 0 radical (unpaired) electrons. The maximum Gasteiger partial charge on any atom is 0.338 e. The number of rotatable bonds is 3. The van der Waals surface area contributed by atoms with Gasteiger partial charge >= 0.3 is 5.97 Å². The molecule has 0 bridgehead atoms. The average Bonchev–Trinajstić information content (AvgIpc) is 3.20. The second kappa shape index (κ2) is 6.65. The largest absolute Gasteiger partial charge is 0.465 e. The fourth-order valence-corrected chi connectivity index (χ4v) is 3.24. The lowest BCUT2D eigenvalue weighted by Crippen LogP contribution is -2.02. The van der Waals surface area contributed by atoms with Crippen LogP contribution in [0.25, 0.3) is 28.2 Å². The van der Waals surface area contributed by atoms with E-state index in [2.05, 4.69) is 9.97 Å². The van der Waals surface area contributed by atoms with Crippen LogP contribution in [0.2, 0.25) is 5.15 Å². The number of pyridine rings is 1. The van der Waals surface area contributed by atoms with Crippen LogP contribution in [0.1, 0.15) is 10.4 Å². The monoisotopic (exact) mass is 399 g/mol. The highest BCUT2D eigenvalue weighted by Gasteiger charge is 2.23. The van der Waals surface area contributed by atoms with E-state index >= 15 is 0 Å². The summed E-state index contributed by atoms with van der Waals surface area (Å²) in [6.45, 7) is 0. The number of halogens is 2. The van der Waals surface area contributed by atoms with Crippen molar-refractivity contribution in [2.24, 2.45) is 7.05 Å². The molecule has 0 unspecified atom stereocenters. The van der Waals surface area contributed by atoms with Crippen LogP contribution in [0, 0.1) is 5.82 Å². The number of hydrogen-bond donors (Lipinski definition) is 1. The molecular weight excluding hydrogens is 385 g/mol. The Bertz CT molecular complexity index is 1230. The normalized spacial score (nSPS) is 11.1. The van der Waals surface area contributed by atoms with Gasteiger partial charge in [-0.3, -0.25) is 4.40 Å². The first-order valence-electron chi connectivity index (χ1n) is 8.24. The van der Waals surface area contributed by atoms with Crippen LogP contribution in [-0.4, -0.2) is 32.0 Å². The number of carbonyl (C=O) groups excluding carboxylic acids is 1. The molecule has 4 aromatic rings. The maximum absolute atomic E-state index is 14.9. The Morgan fingerprint density at radius 3 is 2.75 bits per heavy atom. The fourth-order valence-electron chi connectivity index (χ4n) is 3.05. The van der Waals surface area contributed by atoms with E-state index in [0.29, 0.717) is 27.6 Å². The van der Waals surface area contributed by atoms with Crippen molar-refractivity contribution in [3.05, 3.63) is 59.4 Å². The number of fused-ring (bicyclic) bond motifs is 1. The lowest BCUT2D eigenvalue weighted by molar-refractivity contribution is 0.0600. The lowest BCUT2D eigenvalue weighted by Gasteiger charge is -2.08. The van der Waals surface area contributed by atoms with Gasteiger partial charge in [-0.25, -0.2) is 19.2 Å². The predicted molar refractivity (Wildman–Crippen MR) is 104 cm³/mol. The first kappa shape index (κ1) is 18.0. The number of nitrogens with two attached hydrogens (primary N) is 1. The minimum atomic E-state index is -0.512. The number of carbonyl (C=O) groups is 1. The van der Waals surface area contributed by atoms with E-state index in [1.165, 1.54) is 19.2 Å². The predicted octanol–water partition coefficient (Wildman–Crippen LogP) is 3.56. The Labute approximate surface area is 164 Å². The van der Waals surface area contributed by atoms with E-state index < -0.39 is 11.8 Å². The van der Waals surface area contributed by atoms with Crippen molar-refractivity contribution in [2.75, 3.05) is 12.8 Å². The van der Waals surface area contributed by atoms with Crippen LogP contribution in [0.15, 0.2) is 42.9 Å². The average molecular weight is 400 g/mol. The molecule has 0 aliphatic rings. The van der Waals surface area contributed by atoms with E-state index in [1.807, 2.05) is 0 Å². The number of methoxy groups -OCH3 is 1. The van der Waals surface area contributed by atoms with E-state index in [-0.39, 0.29) is 17.1 Å². The van der Waals surface area contributed by atoms with E-state index in [9.17, 15) is 9.18 Å². The molecule has 3 heterocycles. The summed E-state index contributed by atoms with van der Waals surface area (Å²) < 4.78 is 22.8. The molecule has 0 saturated heterocycles. The zero-order valence-corrected chi connectivity index (χ0v) is 15.7. The molecule has 7 nitrogen and oxygen atoms in total. The Balaban J connectivity index is 1.97. The third-order valence-corrected chi connectivity index (χ3v) is 4.90. The third-order valence-electron chi connectivity index (χ3n) is 4.45. The number of nitrogen functional groups attached to an aromatic ring is 1. The van der Waals surface area contributed by atoms with Gasteiger partial charge in [0.1, 0.15) is 33.8 Å². The van der Waals surface area contributed by atoms with Crippen LogP contribution >= 0.6 is 11.6 Å². The molecule has 4 rings (SSSR count). The fraction of sp³-hybridized carbons (Fsp3) is 0.105. The van der Waals surface area contributed by atoms with Gasteiger partial charge in [-0.1, -0.05) is 23.7 Å². The molecule has 9 heteroatoms. The van der Waals surface area contributed by atoms with Gasteiger partial charge in [0, 0.05) is 24.4 Å². The van der Waals surface area contributed by atoms with E-state index in [0.717, 1.165) is 0 Å². The van der Waals surface area contributed by atoms with Gasteiger partial charge in [0.05, 0.1) is 19.0 Å². The van der Waals surface area contributed by atoms with E-state index in [1.54, 1.807) is 46.7 Å². The number of anilines is 1. The molecule has 0 aliphatic carbocycles. The summed E-state index contributed by atoms with van der Waals surface area (Å²) in [6, 6.07) is 7.67. The van der Waals surface area contributed by atoms with Gasteiger partial charge in [0.15, 0.2) is 0 Å². The van der Waals surface area contributed by atoms with Crippen molar-refractivity contribution in [1.29, 1.82) is 0 Å². The molecule has 1 aromatic carbocycles. The number of esters is 1. The smallest absolute Gasteiger partial charge is 0.338 e. The molecule has 0 saturated carbocycles. The summed E-state index contributed by atoms with van der Waals surface area (Å²) >= 11 is 6.31. The van der Waals surface area contributed by atoms with Crippen molar-refractivity contribution < 1.29 is 13.9 Å². The number of nitrogens with zero attached hydrogens (tertiary/aromatic N) is 4. The SMILES string of the molecule is COC(=O)c1ccn2c(N)c(-c3c(F)cccc3-c3ncn(C)c3Cl)nc2c1. The Kier molecular flexibility index (Phi) is 4.27. The summed E-state index contributed by atoms with van der Waals surface area (Å²) in [6.07, 6.45) is 3.13. The van der Waals surface area contributed by atoms with Crippen molar-refractivity contribution in [3.63, 3.8) is 0 Å². The number of aromatic nitrogens is 4. The molecule has 0 fully saturated rings. The number of hydrogen-bond acceptors (Lipinski definition) is 5. The molecular formula is C19H15ClFN5O2. The van der Waals surface area contributed by atoms with Crippen LogP contribution in [0.4, 0.5) is 10.2 Å². The second-order valence-electron chi connectivity index (χ2n) is 6.14. The molecule has 3 aromatic heterocycles. The first-order valence-corrected chi connectivity index (χ1v) is 8.62. The Morgan fingerprint density at radius 1 is 1.29 bits per heavy atom. The van der Waals surface area contributed by atoms with Crippen LogP contribution in [0.3, 0.4) is 0 Å². The lowest BCUT2D eigenvalue weighted by atomic mass is 10.0. The summed E-state index contributed by atoms with van der Waals surface area (Å²) in [4.78, 5) is 20.5. The number of ether oxygens (including phenoxy) is 1. The second-order valence-corrected chi connectivity index (χ2v) is 6.50. The topological polar surface area (TPSA) is 87.4 Å². The van der Waals surface area contributed by atoms with Gasteiger partial charge in [0.2, 0.25) is 0 Å². The minimum Gasteiger partial charge on any atom is -0.465 e. The molecule has 0 atom stereocenters. The number of imidazole rings is 2. The summed E-state index contributed by atoms with van der Waals surface area (Å²) in [5.74, 6) is -0.787. The minimum absolute atomic E-state index is 0.184. The molecule has 28 heavy (non-hydrogen) atoms. The van der Waals surface area contributed by atoms with Crippen molar-refractivity contribution in [2.45, 2.75) is 0 Å². The zero-order chi connectivity index (χ0) is 20.0. The maximum atomic E-state index is 14.9. The highest BCUT2D eigenvalue weighted by Crippen LogP contribution is 2.38. The van der Waals surface area contributed by atoms with Gasteiger partial charge in [0.25, 0.3) is 0 Å². The van der Waals surface area contributed by atoms with Crippen molar-refractivity contribution in [3.8, 4) is 22.5 Å². The third kappa shape index (κ3) is 2.69. The van der Waals surface area contributed by atoms with Gasteiger partial charge in [-0.15, -0.1) is 0 Å². The van der Waals surface area contributed by atoms with Crippen molar-refractivity contribution >= 4 is 29.0 Å². The first-order chi connectivity index (χ1) is 13.4. The van der Waals surface area contributed by atoms with Crippen molar-refractivity contribution in [1.82, 2.24) is 18.9 Å². The van der Waals surface area contributed by atoms with Gasteiger partial charge in [-0.05, 0) is 18.2 Å². The molecule has 2 N–H and O–H groups in total. The Hall–Kier alpha value is -3.39. The van der Waals surface area contributed by atoms with E-state index in [4.69, 9.17) is 22.1 Å². The summed E-state index contributed by atoms with van der Waals surface area (Å²) in [5, 5.41) is 0.363. The van der Waals surface area contributed by atoms with Gasteiger partial charge < -0.3 is 15.0 Å². The zero-order valence-electron chi connectivity index (χ0n) is 15.0. The molecule has 0 aliphatic heterocycles. The standard InChI is InChI=1S/C19H15ClFN5O2/c1-25-9-23-15(17(25)20)11-4-3-5-12(21)14(11)16-18(22)26-7-6-10(19(27)28-2)8-13(26)24-16/h3-9H,22H2,1-2H3. The quantitative estimate of drug-likeness (QED) is 0.532. The van der Waals surface area contributed by atoms with Crippen LogP contribution < -0.4 is 5.73 Å².